The molecule has 24 heavy (non-hydrogen) atoms. The monoisotopic (exact) mass is 450 g/mol. The van der Waals surface area contributed by atoms with Crippen LogP contribution in [0.25, 0.3) is 11.0 Å². The van der Waals surface area contributed by atoms with Crippen LogP contribution in [-0.2, 0) is 18.1 Å². The fraction of sp³-hybridized carbons (Fsp3) is 0.263. The molecule has 0 saturated carbocycles. The van der Waals surface area contributed by atoms with Gasteiger partial charge >= 0.3 is 0 Å². The maximum absolute atomic E-state index is 11.8. The summed E-state index contributed by atoms with van der Waals surface area (Å²) in [4.78, 5) is 0. The van der Waals surface area contributed by atoms with Crippen molar-refractivity contribution in [3.05, 3.63) is 56.7 Å². The number of para-hydroxylation sites is 1. The second-order valence-electron chi connectivity index (χ2n) is 5.73. The molecule has 125 valence electrons. The number of aryl methyl sites for hydroxylation is 1. The number of halogens is 2. The number of fused-ring (bicyclic) bond motifs is 1. The van der Waals surface area contributed by atoms with Gasteiger partial charge < -0.3 is 9.73 Å². The Morgan fingerprint density at radius 1 is 1.12 bits per heavy atom. The molecule has 1 N–H and O–H groups in total. The van der Waals surface area contributed by atoms with Gasteiger partial charge in [0.25, 0.3) is 0 Å². The average Bonchev–Trinajstić information content (AvgIpc) is 2.93. The molecule has 0 aliphatic heterocycles. The van der Waals surface area contributed by atoms with E-state index in [-0.39, 0.29) is 5.75 Å². The second kappa shape index (κ2) is 7.62. The number of rotatable bonds is 6. The molecule has 0 unspecified atom stereocenters. The summed E-state index contributed by atoms with van der Waals surface area (Å²) in [6, 6.07) is 11.7. The van der Waals surface area contributed by atoms with Gasteiger partial charge in [0.15, 0.2) is 0 Å². The van der Waals surface area contributed by atoms with Gasteiger partial charge in [-0.3, -0.25) is 5.11 Å². The summed E-state index contributed by atoms with van der Waals surface area (Å²) in [5.41, 5.74) is 3.01. The van der Waals surface area contributed by atoms with Crippen molar-refractivity contribution < 1.29 is 9.52 Å². The van der Waals surface area contributed by atoms with Crippen LogP contribution in [-0.4, -0.2) is 0 Å². The number of unbranched alkanes of at least 4 members (excludes halogenated alkanes) is 1. The Bertz CT molecular complexity index is 835. The average molecular weight is 452 g/mol. The number of furan rings is 1. The Balaban J connectivity index is 1.88. The van der Waals surface area contributed by atoms with Crippen LogP contribution in [0.3, 0.4) is 0 Å². The Morgan fingerprint density at radius 3 is 2.54 bits per heavy atom. The highest BCUT2D eigenvalue weighted by Gasteiger charge is 2.14. The second-order valence-corrected chi connectivity index (χ2v) is 7.43. The summed E-state index contributed by atoms with van der Waals surface area (Å²) in [5, 5.41) is 16.3. The molecule has 2 aromatic carbocycles. The summed E-state index contributed by atoms with van der Waals surface area (Å²) in [6.07, 6.45) is 3.18. The van der Waals surface area contributed by atoms with Gasteiger partial charge in [0.05, 0.1) is 8.95 Å². The molecular formula is C19H18Br2NO2. The molecule has 1 radical (unpaired) electrons. The van der Waals surface area contributed by atoms with Gasteiger partial charge in [0.1, 0.15) is 11.3 Å². The number of anilines is 1. The third-order valence-corrected chi connectivity index (χ3v) is 5.18. The molecule has 3 rings (SSSR count). The van der Waals surface area contributed by atoms with E-state index in [2.05, 4.69) is 50.2 Å². The highest BCUT2D eigenvalue weighted by molar-refractivity contribution is 9.11. The Kier molecular flexibility index (Phi) is 5.51. The van der Waals surface area contributed by atoms with Crippen LogP contribution in [0.5, 0.6) is 5.75 Å². The van der Waals surface area contributed by atoms with Crippen LogP contribution >= 0.6 is 31.9 Å². The molecule has 0 atom stereocenters. The standard InChI is InChI=1S/C19H18Br2NO2/c1-2-3-7-18-14(13-6-4-5-8-17(13)24-18)11-22-12-9-15(20)19(23)16(21)10-12/h4-6,8-10,22H,2-3,7,11H2,1H3. The molecule has 0 spiro atoms. The van der Waals surface area contributed by atoms with E-state index in [4.69, 9.17) is 4.42 Å². The molecule has 0 fully saturated rings. The molecular weight excluding hydrogens is 434 g/mol. The lowest BCUT2D eigenvalue weighted by Gasteiger charge is -2.09. The molecule has 5 heteroatoms. The van der Waals surface area contributed by atoms with E-state index in [0.29, 0.717) is 15.5 Å². The predicted molar refractivity (Wildman–Crippen MR) is 104 cm³/mol. The van der Waals surface area contributed by atoms with E-state index in [1.807, 2.05) is 18.2 Å². The zero-order valence-electron chi connectivity index (χ0n) is 13.4. The quantitative estimate of drug-likeness (QED) is 0.436. The third kappa shape index (κ3) is 3.62. The molecule has 3 aromatic rings. The van der Waals surface area contributed by atoms with Gasteiger partial charge in [0, 0.05) is 29.6 Å². The largest absolute Gasteiger partial charge is 0.461 e. The van der Waals surface area contributed by atoms with Crippen LogP contribution in [0, 0.1) is 0 Å². The minimum Gasteiger partial charge on any atom is -0.461 e. The lowest BCUT2D eigenvalue weighted by Crippen LogP contribution is -2.01. The van der Waals surface area contributed by atoms with E-state index < -0.39 is 0 Å². The van der Waals surface area contributed by atoms with Gasteiger partial charge in [-0.1, -0.05) is 31.5 Å². The predicted octanol–water partition coefficient (Wildman–Crippen LogP) is 7.06. The summed E-state index contributed by atoms with van der Waals surface area (Å²) in [6.45, 7) is 2.84. The van der Waals surface area contributed by atoms with Crippen molar-refractivity contribution in [2.24, 2.45) is 0 Å². The van der Waals surface area contributed by atoms with E-state index in [1.165, 1.54) is 5.56 Å². The van der Waals surface area contributed by atoms with Gasteiger partial charge in [-0.2, -0.15) is 0 Å². The van der Waals surface area contributed by atoms with Gasteiger partial charge in [-0.05, 0) is 56.5 Å². The fourth-order valence-corrected chi connectivity index (χ4v) is 3.92. The molecule has 0 bridgehead atoms. The number of benzene rings is 2. The van der Waals surface area contributed by atoms with E-state index >= 15 is 0 Å². The van der Waals surface area contributed by atoms with Crippen molar-refractivity contribution in [3.8, 4) is 5.75 Å². The summed E-state index contributed by atoms with van der Waals surface area (Å²) >= 11 is 6.61. The van der Waals surface area contributed by atoms with Crippen LogP contribution in [0.2, 0.25) is 0 Å². The number of hydrogen-bond acceptors (Lipinski definition) is 2. The van der Waals surface area contributed by atoms with E-state index in [0.717, 1.165) is 41.7 Å². The van der Waals surface area contributed by atoms with Crippen molar-refractivity contribution in [2.45, 2.75) is 32.7 Å². The first-order chi connectivity index (χ1) is 11.6. The van der Waals surface area contributed by atoms with Crippen LogP contribution in [0.15, 0.2) is 49.8 Å². The SMILES string of the molecule is CCCCc1oc2ccccc2c1CNc1cc(Br)c([O])c(Br)c1. The highest BCUT2D eigenvalue weighted by atomic mass is 79.9. The normalized spacial score (nSPS) is 11.1. The molecule has 3 nitrogen and oxygen atoms in total. The minimum absolute atomic E-state index is 0.0436. The zero-order valence-corrected chi connectivity index (χ0v) is 16.5. The summed E-state index contributed by atoms with van der Waals surface area (Å²) < 4.78 is 7.14. The molecule has 0 aliphatic rings. The third-order valence-electron chi connectivity index (χ3n) is 4.01. The van der Waals surface area contributed by atoms with Gasteiger partial charge in [-0.15, -0.1) is 0 Å². The van der Waals surface area contributed by atoms with Crippen molar-refractivity contribution in [2.75, 3.05) is 5.32 Å². The van der Waals surface area contributed by atoms with Crippen molar-refractivity contribution >= 4 is 48.5 Å². The smallest absolute Gasteiger partial charge is 0.207 e. The molecule has 0 amide bonds. The minimum atomic E-state index is -0.0436. The summed E-state index contributed by atoms with van der Waals surface area (Å²) in [5.74, 6) is 1.00. The number of hydrogen-bond donors (Lipinski definition) is 1. The molecule has 0 aliphatic carbocycles. The Labute approximate surface area is 158 Å². The van der Waals surface area contributed by atoms with E-state index in [9.17, 15) is 5.11 Å². The van der Waals surface area contributed by atoms with Gasteiger partial charge in [0.2, 0.25) is 5.75 Å². The highest BCUT2D eigenvalue weighted by Crippen LogP contribution is 2.36. The van der Waals surface area contributed by atoms with Crippen LogP contribution < -0.4 is 5.32 Å². The lowest BCUT2D eigenvalue weighted by molar-refractivity contribution is 0.349. The van der Waals surface area contributed by atoms with E-state index in [1.54, 1.807) is 12.1 Å². The first-order valence-electron chi connectivity index (χ1n) is 7.99. The Morgan fingerprint density at radius 2 is 1.83 bits per heavy atom. The van der Waals surface area contributed by atoms with Crippen molar-refractivity contribution in [1.29, 1.82) is 0 Å². The van der Waals surface area contributed by atoms with Crippen LogP contribution in [0.4, 0.5) is 5.69 Å². The molecule has 1 heterocycles. The topological polar surface area (TPSA) is 45.1 Å². The van der Waals surface area contributed by atoms with Gasteiger partial charge in [-0.25, -0.2) is 0 Å². The zero-order chi connectivity index (χ0) is 17.1. The van der Waals surface area contributed by atoms with Crippen LogP contribution in [0.1, 0.15) is 31.1 Å². The fourth-order valence-electron chi connectivity index (χ4n) is 2.73. The summed E-state index contributed by atoms with van der Waals surface area (Å²) in [7, 11) is 0. The van der Waals surface area contributed by atoms with Crippen molar-refractivity contribution in [1.82, 2.24) is 0 Å². The Hall–Kier alpha value is -1.46. The maximum atomic E-state index is 11.8. The molecule has 0 saturated heterocycles. The van der Waals surface area contributed by atoms with Crippen molar-refractivity contribution in [3.63, 3.8) is 0 Å². The first-order valence-corrected chi connectivity index (χ1v) is 9.58. The maximum Gasteiger partial charge on any atom is 0.207 e. The molecule has 1 aromatic heterocycles. The lowest BCUT2D eigenvalue weighted by atomic mass is 10.1. The number of nitrogens with one attached hydrogen (secondary N) is 1. The first kappa shape index (κ1) is 17.4.